The van der Waals surface area contributed by atoms with E-state index in [9.17, 15) is 19.1 Å². The topological polar surface area (TPSA) is 167 Å². The van der Waals surface area contributed by atoms with Crippen molar-refractivity contribution in [1.29, 1.82) is 0 Å². The molecule has 1 saturated carbocycles. The van der Waals surface area contributed by atoms with E-state index in [0.717, 1.165) is 18.8 Å². The van der Waals surface area contributed by atoms with Crippen LogP contribution in [-0.2, 0) is 24.1 Å². The van der Waals surface area contributed by atoms with Crippen molar-refractivity contribution in [2.24, 2.45) is 11.8 Å². The van der Waals surface area contributed by atoms with Crippen LogP contribution in [0.2, 0.25) is 5.15 Å². The Morgan fingerprint density at radius 1 is 1.26 bits per heavy atom. The largest absolute Gasteiger partial charge is 0.386 e. The predicted molar refractivity (Wildman–Crippen MR) is 122 cm³/mol. The van der Waals surface area contributed by atoms with Crippen molar-refractivity contribution in [2.45, 2.75) is 37.1 Å². The number of imidazole rings is 1. The summed E-state index contributed by atoms with van der Waals surface area (Å²) >= 11 is 6.28. The third-order valence-electron chi connectivity index (χ3n) is 7.02. The maximum absolute atomic E-state index is 16.1. The Morgan fingerprint density at radius 2 is 1.94 bits per heavy atom. The van der Waals surface area contributed by atoms with E-state index in [1.807, 2.05) is 0 Å². The number of anilines is 1. The van der Waals surface area contributed by atoms with Gasteiger partial charge in [-0.15, -0.1) is 0 Å². The van der Waals surface area contributed by atoms with Crippen LogP contribution in [0.5, 0.6) is 0 Å². The van der Waals surface area contributed by atoms with Gasteiger partial charge < -0.3 is 33.9 Å². The second-order valence-corrected chi connectivity index (χ2v) is 13.9. The number of fused-ring (bicyclic) bond motifs is 2. The van der Waals surface area contributed by atoms with Gasteiger partial charge in [0.2, 0.25) is 5.67 Å². The van der Waals surface area contributed by atoms with Crippen LogP contribution in [0.15, 0.2) is 12.3 Å². The van der Waals surface area contributed by atoms with Crippen LogP contribution in [0.3, 0.4) is 0 Å². The highest BCUT2D eigenvalue weighted by atomic mass is 35.5. The van der Waals surface area contributed by atoms with Crippen molar-refractivity contribution in [3.63, 3.8) is 0 Å². The van der Waals surface area contributed by atoms with Gasteiger partial charge in [0.15, 0.2) is 16.9 Å². The number of hydrogen-bond donors (Lipinski definition) is 4. The van der Waals surface area contributed by atoms with Gasteiger partial charge in [0.05, 0.1) is 25.1 Å². The van der Waals surface area contributed by atoms with Gasteiger partial charge in [0.25, 0.3) is 0 Å². The van der Waals surface area contributed by atoms with Crippen molar-refractivity contribution in [1.82, 2.24) is 14.6 Å². The smallest absolute Gasteiger partial charge is 0.340 e. The summed E-state index contributed by atoms with van der Waals surface area (Å²) in [7, 11) is -9.54. The lowest BCUT2D eigenvalue weighted by molar-refractivity contribution is -0.0150. The monoisotopic (exact) mass is 554 g/mol. The summed E-state index contributed by atoms with van der Waals surface area (Å²) in [4.78, 5) is 33.8. The highest BCUT2D eigenvalue weighted by molar-refractivity contribution is 7.70. The Hall–Kier alpha value is -1.14. The van der Waals surface area contributed by atoms with Crippen molar-refractivity contribution in [3.8, 4) is 0 Å². The number of hydrogen-bond acceptors (Lipinski definition) is 8. The first kappa shape index (κ1) is 25.5. The molecule has 0 radical (unpaired) electrons. The van der Waals surface area contributed by atoms with E-state index in [4.69, 9.17) is 30.6 Å². The standard InChI is InChI=1S/C19H26ClFN4O8P2/c20-16-4-13(24-6-11-2-1-3-12(11)7-24)14-5-22-18(25(14)23-16)19(21)9-32-15(17(19)26)8-33-35(30,31)10-34(27,28)29/h4-5,11-12,15,17,26H,1-3,6-10H2,(H,30,31)(H2,27,28,29)/t11?,12?,15-,17-,19+/m1/s1. The summed E-state index contributed by atoms with van der Waals surface area (Å²) < 4.78 is 50.2. The first-order valence-corrected chi connectivity index (χ1v) is 15.1. The van der Waals surface area contributed by atoms with Crippen molar-refractivity contribution in [3.05, 3.63) is 23.2 Å². The van der Waals surface area contributed by atoms with Gasteiger partial charge in [-0.1, -0.05) is 18.0 Å². The first-order chi connectivity index (χ1) is 16.4. The summed E-state index contributed by atoms with van der Waals surface area (Å²) in [6.45, 7) is 0.318. The molecule has 0 bridgehead atoms. The number of ether oxygens (including phenoxy) is 1. The molecule has 194 valence electrons. The van der Waals surface area contributed by atoms with Crippen molar-refractivity contribution < 1.29 is 42.6 Å². The second kappa shape index (κ2) is 9.01. The molecule has 3 aliphatic rings. The molecule has 3 fully saturated rings. The van der Waals surface area contributed by atoms with Crippen LogP contribution < -0.4 is 4.90 Å². The number of aromatic nitrogens is 3. The Morgan fingerprint density at radius 3 is 2.60 bits per heavy atom. The lowest BCUT2D eigenvalue weighted by Gasteiger charge is -2.24. The fourth-order valence-electron chi connectivity index (χ4n) is 5.40. The van der Waals surface area contributed by atoms with Gasteiger partial charge in [-0.3, -0.25) is 9.13 Å². The summed E-state index contributed by atoms with van der Waals surface area (Å²) in [5.41, 5.74) is -1.25. The van der Waals surface area contributed by atoms with E-state index in [1.54, 1.807) is 6.07 Å². The molecule has 0 aromatic carbocycles. The van der Waals surface area contributed by atoms with Crippen LogP contribution in [0.1, 0.15) is 25.1 Å². The molecule has 4 heterocycles. The number of alkyl halides is 1. The zero-order chi connectivity index (χ0) is 25.2. The number of aliphatic hydroxyl groups excluding tert-OH is 1. The minimum Gasteiger partial charge on any atom is -0.386 e. The lowest BCUT2D eigenvalue weighted by Crippen LogP contribution is -2.40. The molecule has 6 atom stereocenters. The minimum atomic E-state index is -4.83. The molecule has 4 N–H and O–H groups in total. The van der Waals surface area contributed by atoms with Gasteiger partial charge in [0, 0.05) is 19.2 Å². The van der Waals surface area contributed by atoms with E-state index in [0.29, 0.717) is 17.4 Å². The molecule has 2 saturated heterocycles. The zero-order valence-corrected chi connectivity index (χ0v) is 21.0. The molecule has 2 aliphatic heterocycles. The number of rotatable bonds is 7. The van der Waals surface area contributed by atoms with Gasteiger partial charge in [0.1, 0.15) is 17.7 Å². The van der Waals surface area contributed by atoms with Crippen LogP contribution in [0.4, 0.5) is 10.1 Å². The SMILES string of the molecule is O=P(O)(O)CP(=O)(O)OC[C@H]1OC[C@@](F)(c2ncc3c(N4CC5CCCC5C4)cc(Cl)nn23)[C@@H]1O. The quantitative estimate of drug-likeness (QED) is 0.369. The fraction of sp³-hybridized carbons (Fsp3) is 0.684. The molecule has 5 rings (SSSR count). The minimum absolute atomic E-state index is 0.124. The molecule has 3 unspecified atom stereocenters. The molecular weight excluding hydrogens is 529 g/mol. The predicted octanol–water partition coefficient (Wildman–Crippen LogP) is 1.88. The first-order valence-electron chi connectivity index (χ1n) is 11.2. The van der Waals surface area contributed by atoms with Crippen LogP contribution in [0.25, 0.3) is 5.52 Å². The molecule has 2 aromatic heterocycles. The van der Waals surface area contributed by atoms with Gasteiger partial charge in [-0.2, -0.15) is 5.10 Å². The average molecular weight is 555 g/mol. The highest BCUT2D eigenvalue weighted by Gasteiger charge is 2.55. The maximum Gasteiger partial charge on any atom is 0.340 e. The van der Waals surface area contributed by atoms with Crippen molar-refractivity contribution in [2.75, 3.05) is 37.1 Å². The Labute approximate surface area is 204 Å². The molecule has 12 nitrogen and oxygen atoms in total. The highest BCUT2D eigenvalue weighted by Crippen LogP contribution is 2.55. The molecule has 1 aliphatic carbocycles. The van der Waals surface area contributed by atoms with E-state index in [2.05, 4.69) is 15.0 Å². The van der Waals surface area contributed by atoms with Crippen molar-refractivity contribution >= 4 is 38.0 Å². The van der Waals surface area contributed by atoms with E-state index in [1.165, 1.54) is 30.0 Å². The molecule has 35 heavy (non-hydrogen) atoms. The van der Waals surface area contributed by atoms with Crippen LogP contribution in [-0.4, -0.2) is 78.8 Å². The summed E-state index contributed by atoms with van der Waals surface area (Å²) in [5, 5.41) is 15.0. The zero-order valence-electron chi connectivity index (χ0n) is 18.5. The normalized spacial score (nSPS) is 32.9. The third-order valence-corrected chi connectivity index (χ3v) is 10.7. The van der Waals surface area contributed by atoms with E-state index in [-0.39, 0.29) is 11.0 Å². The Bertz CT molecular complexity index is 1220. The van der Waals surface area contributed by atoms with E-state index < -0.39 is 52.2 Å². The summed E-state index contributed by atoms with van der Waals surface area (Å²) in [6.07, 6.45) is 1.79. The molecule has 16 heteroatoms. The summed E-state index contributed by atoms with van der Waals surface area (Å²) in [5.74, 6) is -0.433. The van der Waals surface area contributed by atoms with Crippen LogP contribution >= 0.6 is 26.8 Å². The summed E-state index contributed by atoms with van der Waals surface area (Å²) in [6, 6.07) is 1.71. The molecule has 2 aromatic rings. The number of halogens is 2. The Balaban J connectivity index is 1.38. The molecule has 0 spiro atoms. The fourth-order valence-corrected chi connectivity index (χ4v) is 8.15. The number of nitrogens with zero attached hydrogens (tertiary/aromatic N) is 4. The maximum atomic E-state index is 16.1. The average Bonchev–Trinajstić information content (AvgIpc) is 3.49. The number of aliphatic hydroxyl groups is 1. The van der Waals surface area contributed by atoms with Crippen LogP contribution in [0, 0.1) is 11.8 Å². The Kier molecular flexibility index (Phi) is 6.56. The van der Waals surface area contributed by atoms with E-state index >= 15 is 4.39 Å². The molecular formula is C19H26ClFN4O8P2. The lowest BCUT2D eigenvalue weighted by atomic mass is 9.98. The van der Waals surface area contributed by atoms with Gasteiger partial charge in [-0.05, 0) is 24.7 Å². The second-order valence-electron chi connectivity index (χ2n) is 9.48. The third kappa shape index (κ3) is 4.91. The molecule has 0 amide bonds. The van der Waals surface area contributed by atoms with Gasteiger partial charge >= 0.3 is 15.2 Å². The van der Waals surface area contributed by atoms with Gasteiger partial charge in [-0.25, -0.2) is 13.9 Å².